The van der Waals surface area contributed by atoms with Gasteiger partial charge in [0.05, 0.1) is 24.5 Å². The van der Waals surface area contributed by atoms with Crippen molar-refractivity contribution >= 4 is 23.4 Å². The molecule has 0 spiro atoms. The van der Waals surface area contributed by atoms with Crippen molar-refractivity contribution in [3.8, 4) is 0 Å². The van der Waals surface area contributed by atoms with Crippen LogP contribution in [0.25, 0.3) is 0 Å². The van der Waals surface area contributed by atoms with E-state index in [9.17, 15) is 14.4 Å². The number of anilines is 1. The third kappa shape index (κ3) is 5.04. The summed E-state index contributed by atoms with van der Waals surface area (Å²) in [5.74, 6) is -2.26. The van der Waals surface area contributed by atoms with Crippen molar-refractivity contribution in [3.63, 3.8) is 0 Å². The highest BCUT2D eigenvalue weighted by atomic mass is 16.5. The summed E-state index contributed by atoms with van der Waals surface area (Å²) < 4.78 is 5.23. The Morgan fingerprint density at radius 1 is 1.13 bits per heavy atom. The van der Waals surface area contributed by atoms with Gasteiger partial charge in [0.25, 0.3) is 5.91 Å². The zero-order valence-corrected chi connectivity index (χ0v) is 12.7. The SMILES string of the molecule is NC(=O)c1ccccc1NC(=O)C(=O)NCCN1CCOCC1. The maximum absolute atomic E-state index is 11.9. The van der Waals surface area contributed by atoms with Crippen LogP contribution in [0.5, 0.6) is 0 Å². The molecule has 1 heterocycles. The first kappa shape index (κ1) is 16.9. The van der Waals surface area contributed by atoms with E-state index in [0.29, 0.717) is 26.3 Å². The molecule has 1 aliphatic heterocycles. The topological polar surface area (TPSA) is 114 Å². The molecule has 8 nitrogen and oxygen atoms in total. The molecule has 1 saturated heterocycles. The van der Waals surface area contributed by atoms with Gasteiger partial charge < -0.3 is 21.1 Å². The van der Waals surface area contributed by atoms with E-state index >= 15 is 0 Å². The smallest absolute Gasteiger partial charge is 0.313 e. The molecule has 1 aromatic carbocycles. The number of hydrogen-bond donors (Lipinski definition) is 3. The van der Waals surface area contributed by atoms with Crippen LogP contribution in [0.3, 0.4) is 0 Å². The number of nitrogens with one attached hydrogen (secondary N) is 2. The molecule has 2 rings (SSSR count). The van der Waals surface area contributed by atoms with Crippen LogP contribution in [0.1, 0.15) is 10.4 Å². The van der Waals surface area contributed by atoms with Crippen molar-refractivity contribution in [1.29, 1.82) is 0 Å². The lowest BCUT2D eigenvalue weighted by atomic mass is 10.1. The van der Waals surface area contributed by atoms with E-state index in [1.165, 1.54) is 12.1 Å². The van der Waals surface area contributed by atoms with Crippen LogP contribution in [-0.2, 0) is 14.3 Å². The molecule has 0 aromatic heterocycles. The molecule has 0 unspecified atom stereocenters. The van der Waals surface area contributed by atoms with Gasteiger partial charge in [0, 0.05) is 26.2 Å². The van der Waals surface area contributed by atoms with Gasteiger partial charge in [-0.1, -0.05) is 12.1 Å². The molecular weight excluding hydrogens is 300 g/mol. The van der Waals surface area contributed by atoms with E-state index in [4.69, 9.17) is 10.5 Å². The second-order valence-electron chi connectivity index (χ2n) is 5.07. The van der Waals surface area contributed by atoms with Gasteiger partial charge in [-0.2, -0.15) is 0 Å². The lowest BCUT2D eigenvalue weighted by Crippen LogP contribution is -2.43. The number of ether oxygens (including phenoxy) is 1. The monoisotopic (exact) mass is 320 g/mol. The van der Waals surface area contributed by atoms with Crippen molar-refractivity contribution in [2.45, 2.75) is 0 Å². The minimum absolute atomic E-state index is 0.155. The lowest BCUT2D eigenvalue weighted by molar-refractivity contribution is -0.136. The fourth-order valence-corrected chi connectivity index (χ4v) is 2.22. The minimum atomic E-state index is -0.833. The van der Waals surface area contributed by atoms with Gasteiger partial charge in [-0.3, -0.25) is 19.3 Å². The van der Waals surface area contributed by atoms with Gasteiger partial charge >= 0.3 is 11.8 Å². The first-order valence-corrected chi connectivity index (χ1v) is 7.36. The lowest BCUT2D eigenvalue weighted by Gasteiger charge is -2.26. The predicted octanol–water partition coefficient (Wildman–Crippen LogP) is -0.828. The Bertz CT molecular complexity index is 585. The second-order valence-corrected chi connectivity index (χ2v) is 5.07. The van der Waals surface area contributed by atoms with Crippen molar-refractivity contribution in [1.82, 2.24) is 10.2 Å². The predicted molar refractivity (Wildman–Crippen MR) is 83.9 cm³/mol. The molecule has 0 radical (unpaired) electrons. The molecule has 1 aliphatic rings. The summed E-state index contributed by atoms with van der Waals surface area (Å²) in [4.78, 5) is 37.1. The van der Waals surface area contributed by atoms with Crippen LogP contribution in [0.15, 0.2) is 24.3 Å². The van der Waals surface area contributed by atoms with Gasteiger partial charge in [-0.05, 0) is 12.1 Å². The Balaban J connectivity index is 1.81. The summed E-state index contributed by atoms with van der Waals surface area (Å²) in [5, 5.41) is 4.94. The normalized spacial score (nSPS) is 15.0. The zero-order valence-electron chi connectivity index (χ0n) is 12.7. The summed E-state index contributed by atoms with van der Waals surface area (Å²) in [6, 6.07) is 6.25. The molecule has 0 saturated carbocycles. The van der Waals surface area contributed by atoms with Crippen molar-refractivity contribution in [3.05, 3.63) is 29.8 Å². The number of benzene rings is 1. The number of carbonyl (C=O) groups is 3. The Labute approximate surface area is 134 Å². The van der Waals surface area contributed by atoms with E-state index < -0.39 is 17.7 Å². The number of rotatable bonds is 5. The van der Waals surface area contributed by atoms with Gasteiger partial charge in [0.15, 0.2) is 0 Å². The molecule has 0 bridgehead atoms. The fourth-order valence-electron chi connectivity index (χ4n) is 2.22. The Kier molecular flexibility index (Phi) is 6.07. The average Bonchev–Trinajstić information content (AvgIpc) is 2.56. The van der Waals surface area contributed by atoms with Gasteiger partial charge in [0.1, 0.15) is 0 Å². The number of carbonyl (C=O) groups excluding carboxylic acids is 3. The third-order valence-corrected chi connectivity index (χ3v) is 3.46. The van der Waals surface area contributed by atoms with Crippen LogP contribution in [-0.4, -0.2) is 62.0 Å². The number of hydrogen-bond acceptors (Lipinski definition) is 5. The number of nitrogens with two attached hydrogens (primary N) is 1. The van der Waals surface area contributed by atoms with E-state index in [-0.39, 0.29) is 11.3 Å². The summed E-state index contributed by atoms with van der Waals surface area (Å²) in [5.41, 5.74) is 5.59. The summed E-state index contributed by atoms with van der Waals surface area (Å²) >= 11 is 0. The van der Waals surface area contributed by atoms with Crippen molar-refractivity contribution in [2.75, 3.05) is 44.7 Å². The zero-order chi connectivity index (χ0) is 16.7. The van der Waals surface area contributed by atoms with E-state index in [0.717, 1.165) is 13.1 Å². The van der Waals surface area contributed by atoms with Crippen LogP contribution < -0.4 is 16.4 Å². The maximum atomic E-state index is 11.9. The number of nitrogens with zero attached hydrogens (tertiary/aromatic N) is 1. The molecular formula is C15H20N4O4. The Hall–Kier alpha value is -2.45. The largest absolute Gasteiger partial charge is 0.379 e. The molecule has 4 N–H and O–H groups in total. The number of primary amides is 1. The quantitative estimate of drug-likeness (QED) is 0.613. The van der Waals surface area contributed by atoms with E-state index in [1.807, 2.05) is 0 Å². The Morgan fingerprint density at radius 3 is 2.52 bits per heavy atom. The highest BCUT2D eigenvalue weighted by molar-refractivity contribution is 6.40. The van der Waals surface area contributed by atoms with Crippen LogP contribution in [0.2, 0.25) is 0 Å². The highest BCUT2D eigenvalue weighted by Gasteiger charge is 2.17. The molecule has 1 fully saturated rings. The molecule has 124 valence electrons. The molecule has 23 heavy (non-hydrogen) atoms. The summed E-state index contributed by atoms with van der Waals surface area (Å²) in [6.07, 6.45) is 0. The first-order chi connectivity index (χ1) is 11.1. The molecule has 0 atom stereocenters. The molecule has 8 heteroatoms. The standard InChI is InChI=1S/C15H20N4O4/c16-13(20)11-3-1-2-4-12(11)18-15(22)14(21)17-5-6-19-7-9-23-10-8-19/h1-4H,5-10H2,(H2,16,20)(H,17,21)(H,18,22). The second kappa shape index (κ2) is 8.25. The average molecular weight is 320 g/mol. The summed E-state index contributed by atoms with van der Waals surface area (Å²) in [7, 11) is 0. The number of amides is 3. The molecule has 1 aromatic rings. The van der Waals surface area contributed by atoms with Crippen LogP contribution in [0.4, 0.5) is 5.69 Å². The van der Waals surface area contributed by atoms with Crippen LogP contribution in [0, 0.1) is 0 Å². The van der Waals surface area contributed by atoms with Gasteiger partial charge in [-0.25, -0.2) is 0 Å². The Morgan fingerprint density at radius 2 is 1.83 bits per heavy atom. The molecule has 0 aliphatic carbocycles. The fraction of sp³-hybridized carbons (Fsp3) is 0.400. The number of para-hydroxylation sites is 1. The van der Waals surface area contributed by atoms with Gasteiger partial charge in [0.2, 0.25) is 0 Å². The van der Waals surface area contributed by atoms with E-state index in [1.54, 1.807) is 12.1 Å². The first-order valence-electron chi connectivity index (χ1n) is 7.36. The van der Waals surface area contributed by atoms with Gasteiger partial charge in [-0.15, -0.1) is 0 Å². The van der Waals surface area contributed by atoms with Crippen molar-refractivity contribution < 1.29 is 19.1 Å². The maximum Gasteiger partial charge on any atom is 0.313 e. The number of morpholine rings is 1. The van der Waals surface area contributed by atoms with E-state index in [2.05, 4.69) is 15.5 Å². The summed E-state index contributed by atoms with van der Waals surface area (Å²) in [6.45, 7) is 4.00. The third-order valence-electron chi connectivity index (χ3n) is 3.46. The molecule has 3 amide bonds. The van der Waals surface area contributed by atoms with Crippen LogP contribution >= 0.6 is 0 Å². The highest BCUT2D eigenvalue weighted by Crippen LogP contribution is 2.13. The minimum Gasteiger partial charge on any atom is -0.379 e. The van der Waals surface area contributed by atoms with Crippen molar-refractivity contribution in [2.24, 2.45) is 5.73 Å².